The van der Waals surface area contributed by atoms with E-state index in [2.05, 4.69) is 41.3 Å². The van der Waals surface area contributed by atoms with Crippen LogP contribution in [0.1, 0.15) is 35.8 Å². The Hall–Kier alpha value is -1.59. The molecular formula is C14H16BrN3O. The highest BCUT2D eigenvalue weighted by molar-refractivity contribution is 9.10. The predicted octanol–water partition coefficient (Wildman–Crippen LogP) is 2.97. The molecule has 0 bridgehead atoms. The summed E-state index contributed by atoms with van der Waals surface area (Å²) < 4.78 is 2.88. The van der Waals surface area contributed by atoms with Crippen molar-refractivity contribution in [1.29, 1.82) is 0 Å². The highest BCUT2D eigenvalue weighted by Crippen LogP contribution is 2.27. The molecule has 0 aliphatic carbocycles. The van der Waals surface area contributed by atoms with E-state index in [4.69, 9.17) is 5.84 Å². The lowest BCUT2D eigenvalue weighted by Crippen LogP contribution is -2.31. The number of hydrogen-bond acceptors (Lipinski definition) is 2. The minimum atomic E-state index is -0.303. The van der Waals surface area contributed by atoms with Crippen LogP contribution in [0.25, 0.3) is 5.69 Å². The number of halogens is 1. The van der Waals surface area contributed by atoms with Gasteiger partial charge in [-0.05, 0) is 41.8 Å². The summed E-state index contributed by atoms with van der Waals surface area (Å²) in [5, 5.41) is 0. The summed E-state index contributed by atoms with van der Waals surface area (Å²) >= 11 is 3.48. The fraction of sp³-hybridized carbons (Fsp3) is 0.214. The zero-order valence-electron chi connectivity index (χ0n) is 10.9. The molecule has 1 heterocycles. The Labute approximate surface area is 120 Å². The van der Waals surface area contributed by atoms with E-state index in [1.54, 1.807) is 6.07 Å². The minimum absolute atomic E-state index is 0.303. The van der Waals surface area contributed by atoms with Gasteiger partial charge in [0.25, 0.3) is 5.91 Å². The van der Waals surface area contributed by atoms with E-state index in [1.165, 1.54) is 0 Å². The van der Waals surface area contributed by atoms with Gasteiger partial charge >= 0.3 is 0 Å². The van der Waals surface area contributed by atoms with Crippen molar-refractivity contribution < 1.29 is 4.79 Å². The van der Waals surface area contributed by atoms with E-state index >= 15 is 0 Å². The number of hydrazine groups is 1. The molecule has 5 heteroatoms. The van der Waals surface area contributed by atoms with Gasteiger partial charge in [0.1, 0.15) is 5.69 Å². The number of carbonyl (C=O) groups excluding carboxylic acids is 1. The molecule has 1 aromatic carbocycles. The van der Waals surface area contributed by atoms with Crippen LogP contribution in [-0.2, 0) is 0 Å². The number of hydrogen-bond donors (Lipinski definition) is 2. The van der Waals surface area contributed by atoms with Crippen LogP contribution in [0.5, 0.6) is 0 Å². The summed E-state index contributed by atoms with van der Waals surface area (Å²) in [5.41, 5.74) is 4.84. The first-order chi connectivity index (χ1) is 9.04. The molecule has 4 nitrogen and oxygen atoms in total. The fourth-order valence-electron chi connectivity index (χ4n) is 2.06. The summed E-state index contributed by atoms with van der Waals surface area (Å²) in [4.78, 5) is 11.8. The number of carbonyl (C=O) groups is 1. The van der Waals surface area contributed by atoms with Gasteiger partial charge in [-0.15, -0.1) is 0 Å². The second kappa shape index (κ2) is 5.59. The molecule has 2 rings (SSSR count). The molecule has 1 amide bonds. The molecule has 0 radical (unpaired) electrons. The van der Waals surface area contributed by atoms with Gasteiger partial charge in [0.15, 0.2) is 0 Å². The maximum absolute atomic E-state index is 11.8. The Bertz CT molecular complexity index is 604. The van der Waals surface area contributed by atoms with Crippen LogP contribution in [0.3, 0.4) is 0 Å². The summed E-state index contributed by atoms with van der Waals surface area (Å²) in [7, 11) is 0. The Kier molecular flexibility index (Phi) is 4.07. The van der Waals surface area contributed by atoms with E-state index in [0.29, 0.717) is 11.6 Å². The van der Waals surface area contributed by atoms with Crippen molar-refractivity contribution in [2.45, 2.75) is 19.8 Å². The maximum Gasteiger partial charge on any atom is 0.282 e. The zero-order valence-corrected chi connectivity index (χ0v) is 12.4. The number of nitrogens with two attached hydrogens (primary N) is 1. The molecule has 3 N–H and O–H groups in total. The number of rotatable bonds is 3. The van der Waals surface area contributed by atoms with Crippen molar-refractivity contribution in [3.05, 3.63) is 52.3 Å². The topological polar surface area (TPSA) is 60.0 Å². The quantitative estimate of drug-likeness (QED) is 0.518. The minimum Gasteiger partial charge on any atom is -0.312 e. The zero-order chi connectivity index (χ0) is 14.0. The number of benzene rings is 1. The van der Waals surface area contributed by atoms with E-state index < -0.39 is 0 Å². The number of nitrogens with zero attached hydrogens (tertiary/aromatic N) is 1. The van der Waals surface area contributed by atoms with Crippen LogP contribution in [0.2, 0.25) is 0 Å². The third-order valence-electron chi connectivity index (χ3n) is 2.98. The Balaban J connectivity index is 2.59. The van der Waals surface area contributed by atoms with Crippen LogP contribution < -0.4 is 11.3 Å². The normalized spacial score (nSPS) is 10.8. The van der Waals surface area contributed by atoms with Crippen LogP contribution in [0.4, 0.5) is 0 Å². The second-order valence-electron chi connectivity index (χ2n) is 4.59. The van der Waals surface area contributed by atoms with Gasteiger partial charge in [0, 0.05) is 16.4 Å². The van der Waals surface area contributed by atoms with Gasteiger partial charge in [-0.2, -0.15) is 0 Å². The van der Waals surface area contributed by atoms with E-state index in [1.807, 2.05) is 29.0 Å². The molecule has 0 spiro atoms. The van der Waals surface area contributed by atoms with Crippen molar-refractivity contribution in [3.8, 4) is 5.69 Å². The average molecular weight is 322 g/mol. The number of amides is 1. The first-order valence-electron chi connectivity index (χ1n) is 6.02. The summed E-state index contributed by atoms with van der Waals surface area (Å²) in [5.74, 6) is 5.26. The monoisotopic (exact) mass is 321 g/mol. The lowest BCUT2D eigenvalue weighted by Gasteiger charge is -2.16. The molecule has 0 saturated carbocycles. The molecule has 19 heavy (non-hydrogen) atoms. The third kappa shape index (κ3) is 2.72. The van der Waals surface area contributed by atoms with Crippen molar-refractivity contribution in [1.82, 2.24) is 9.99 Å². The first kappa shape index (κ1) is 13.8. The predicted molar refractivity (Wildman–Crippen MR) is 79.2 cm³/mol. The summed E-state index contributed by atoms with van der Waals surface area (Å²) in [6.45, 7) is 4.24. The molecule has 0 unspecified atom stereocenters. The molecule has 0 aliphatic rings. The number of nitrogens with one attached hydrogen (secondary N) is 1. The van der Waals surface area contributed by atoms with Gasteiger partial charge in [-0.3, -0.25) is 10.2 Å². The van der Waals surface area contributed by atoms with E-state index in [9.17, 15) is 4.79 Å². The number of aromatic nitrogens is 1. The van der Waals surface area contributed by atoms with Gasteiger partial charge in [0.05, 0.1) is 0 Å². The van der Waals surface area contributed by atoms with Gasteiger partial charge in [-0.1, -0.05) is 29.8 Å². The SMILES string of the molecule is CC(C)c1cc(Br)ccc1-n1cccc1C(=O)NN. The standard InChI is InChI=1S/C14H16BrN3O/c1-9(2)11-8-10(15)5-6-12(11)18-7-3-4-13(18)14(19)17-16/h3-9H,16H2,1-2H3,(H,17,19). The van der Waals surface area contributed by atoms with Crippen molar-refractivity contribution in [2.24, 2.45) is 5.84 Å². The molecule has 1 aromatic heterocycles. The molecule has 0 aliphatic heterocycles. The van der Waals surface area contributed by atoms with Gasteiger partial charge in [-0.25, -0.2) is 5.84 Å². The second-order valence-corrected chi connectivity index (χ2v) is 5.51. The fourth-order valence-corrected chi connectivity index (χ4v) is 2.44. The number of nitrogen functional groups attached to an aromatic ring is 1. The molecule has 100 valence electrons. The third-order valence-corrected chi connectivity index (χ3v) is 3.48. The maximum atomic E-state index is 11.8. The van der Waals surface area contributed by atoms with Gasteiger partial charge in [0.2, 0.25) is 0 Å². The van der Waals surface area contributed by atoms with Crippen LogP contribution >= 0.6 is 15.9 Å². The molecule has 0 atom stereocenters. The molecule has 0 fully saturated rings. The Morgan fingerprint density at radius 1 is 1.37 bits per heavy atom. The smallest absolute Gasteiger partial charge is 0.282 e. The lowest BCUT2D eigenvalue weighted by molar-refractivity contribution is 0.0947. The van der Waals surface area contributed by atoms with Gasteiger partial charge < -0.3 is 4.57 Å². The Morgan fingerprint density at radius 2 is 2.11 bits per heavy atom. The molecule has 0 saturated heterocycles. The highest BCUT2D eigenvalue weighted by atomic mass is 79.9. The van der Waals surface area contributed by atoms with Crippen LogP contribution in [-0.4, -0.2) is 10.5 Å². The summed E-state index contributed by atoms with van der Waals surface area (Å²) in [6, 6.07) is 9.60. The van der Waals surface area contributed by atoms with Crippen molar-refractivity contribution in [3.63, 3.8) is 0 Å². The average Bonchev–Trinajstić information content (AvgIpc) is 2.86. The molecule has 2 aromatic rings. The largest absolute Gasteiger partial charge is 0.312 e. The van der Waals surface area contributed by atoms with Crippen LogP contribution in [0, 0.1) is 0 Å². The summed E-state index contributed by atoms with van der Waals surface area (Å²) in [6.07, 6.45) is 1.86. The van der Waals surface area contributed by atoms with E-state index in [0.717, 1.165) is 15.7 Å². The Morgan fingerprint density at radius 3 is 2.74 bits per heavy atom. The first-order valence-corrected chi connectivity index (χ1v) is 6.82. The van der Waals surface area contributed by atoms with Crippen LogP contribution in [0.15, 0.2) is 41.0 Å². The highest BCUT2D eigenvalue weighted by Gasteiger charge is 2.15. The van der Waals surface area contributed by atoms with Crippen molar-refractivity contribution >= 4 is 21.8 Å². The van der Waals surface area contributed by atoms with E-state index in [-0.39, 0.29) is 5.91 Å². The molecular weight excluding hydrogens is 306 g/mol. The van der Waals surface area contributed by atoms with Crippen molar-refractivity contribution in [2.75, 3.05) is 0 Å². The lowest BCUT2D eigenvalue weighted by atomic mass is 10.0.